The first-order valence-electron chi connectivity index (χ1n) is 5.91. The number of aromatic hydroxyl groups is 1. The number of tetrazole rings is 1. The maximum Gasteiger partial charge on any atom is 0.261 e. The van der Waals surface area contributed by atoms with E-state index >= 15 is 0 Å². The van der Waals surface area contributed by atoms with E-state index in [4.69, 9.17) is 22.1 Å². The van der Waals surface area contributed by atoms with E-state index in [1.807, 2.05) is 0 Å². The highest BCUT2D eigenvalue weighted by Crippen LogP contribution is 2.34. The summed E-state index contributed by atoms with van der Waals surface area (Å²) < 4.78 is 6.07. The molecule has 1 amide bonds. The Kier molecular flexibility index (Phi) is 4.73. The number of carbonyl (C=O) groups excluding carboxylic acids is 1. The zero-order valence-corrected chi connectivity index (χ0v) is 12.2. The van der Waals surface area contributed by atoms with Crippen LogP contribution in [0, 0.1) is 0 Å². The van der Waals surface area contributed by atoms with Gasteiger partial charge in [-0.3, -0.25) is 4.79 Å². The molecule has 1 aromatic heterocycles. The predicted octanol–water partition coefficient (Wildman–Crippen LogP) is -0.227. The highest BCUT2D eigenvalue weighted by molar-refractivity contribution is 6.32. The third kappa shape index (κ3) is 3.61. The zero-order chi connectivity index (χ0) is 16.1. The lowest BCUT2D eigenvalue weighted by atomic mass is 10.2. The number of methoxy groups -OCH3 is 1. The second kappa shape index (κ2) is 6.72. The maximum atomic E-state index is 11.6. The van der Waals surface area contributed by atoms with Crippen molar-refractivity contribution < 1.29 is 14.6 Å². The van der Waals surface area contributed by atoms with Crippen LogP contribution in [0.5, 0.6) is 11.5 Å². The summed E-state index contributed by atoms with van der Waals surface area (Å²) >= 11 is 5.83. The third-order valence-electron chi connectivity index (χ3n) is 2.53. The Morgan fingerprint density at radius 1 is 1.64 bits per heavy atom. The van der Waals surface area contributed by atoms with Gasteiger partial charge in [-0.05, 0) is 28.1 Å². The Labute approximate surface area is 129 Å². The Bertz CT molecular complexity index is 716. The normalized spacial score (nSPS) is 10.8. The molecule has 0 saturated heterocycles. The van der Waals surface area contributed by atoms with E-state index in [-0.39, 0.29) is 29.0 Å². The molecule has 1 aromatic carbocycles. The SMILES string of the molecule is COc1cc(/C=N/NC(=O)Cn2nnnc2N)cc(Cl)c1O. The molecular formula is C11H12ClN7O3. The van der Waals surface area contributed by atoms with Crippen LogP contribution >= 0.6 is 11.6 Å². The number of hydrogen-bond donors (Lipinski definition) is 3. The van der Waals surface area contributed by atoms with Crippen LogP contribution in [0.2, 0.25) is 5.02 Å². The van der Waals surface area contributed by atoms with E-state index in [1.165, 1.54) is 25.5 Å². The highest BCUT2D eigenvalue weighted by Gasteiger charge is 2.09. The molecule has 0 bridgehead atoms. The number of amides is 1. The van der Waals surface area contributed by atoms with Gasteiger partial charge in [-0.1, -0.05) is 16.7 Å². The molecule has 11 heteroatoms. The van der Waals surface area contributed by atoms with Gasteiger partial charge in [-0.25, -0.2) is 10.1 Å². The van der Waals surface area contributed by atoms with Crippen LogP contribution in [0.15, 0.2) is 17.2 Å². The molecule has 0 spiro atoms. The third-order valence-corrected chi connectivity index (χ3v) is 2.81. The molecule has 2 rings (SSSR count). The second-order valence-corrected chi connectivity index (χ2v) is 4.45. The molecule has 1 heterocycles. The topological polar surface area (TPSA) is 141 Å². The minimum atomic E-state index is -0.466. The number of aromatic nitrogens is 4. The summed E-state index contributed by atoms with van der Waals surface area (Å²) in [7, 11) is 1.39. The number of benzene rings is 1. The van der Waals surface area contributed by atoms with Crippen molar-refractivity contribution in [3.8, 4) is 11.5 Å². The van der Waals surface area contributed by atoms with Crippen LogP contribution in [0.1, 0.15) is 5.56 Å². The smallest absolute Gasteiger partial charge is 0.261 e. The number of phenolic OH excluding ortho intramolecular Hbond substituents is 1. The summed E-state index contributed by atoms with van der Waals surface area (Å²) in [5, 5.41) is 23.7. The van der Waals surface area contributed by atoms with Crippen LogP contribution in [0.4, 0.5) is 5.95 Å². The van der Waals surface area contributed by atoms with Gasteiger partial charge in [0.05, 0.1) is 18.3 Å². The lowest BCUT2D eigenvalue weighted by Crippen LogP contribution is -2.24. The molecule has 22 heavy (non-hydrogen) atoms. The van der Waals surface area contributed by atoms with Crippen LogP contribution in [0.3, 0.4) is 0 Å². The van der Waals surface area contributed by atoms with Gasteiger partial charge in [0.15, 0.2) is 11.5 Å². The molecule has 0 unspecified atom stereocenters. The van der Waals surface area contributed by atoms with Crippen LogP contribution in [-0.2, 0) is 11.3 Å². The Balaban J connectivity index is 1.99. The molecule has 0 aliphatic carbocycles. The predicted molar refractivity (Wildman–Crippen MR) is 77.6 cm³/mol. The number of rotatable bonds is 5. The molecule has 0 saturated carbocycles. The molecule has 10 nitrogen and oxygen atoms in total. The number of phenols is 1. The van der Waals surface area contributed by atoms with Gasteiger partial charge in [0.2, 0.25) is 5.95 Å². The van der Waals surface area contributed by atoms with Crippen molar-refractivity contribution in [1.82, 2.24) is 25.6 Å². The number of hydrogen-bond acceptors (Lipinski definition) is 8. The number of ether oxygens (including phenoxy) is 1. The average molecular weight is 326 g/mol. The number of halogens is 1. The first-order chi connectivity index (χ1) is 10.5. The number of anilines is 1. The number of nitrogens with one attached hydrogen (secondary N) is 1. The molecule has 0 aliphatic heterocycles. The Morgan fingerprint density at radius 3 is 3.05 bits per heavy atom. The van der Waals surface area contributed by atoms with Gasteiger partial charge in [-0.15, -0.1) is 0 Å². The summed E-state index contributed by atoms with van der Waals surface area (Å²) in [6, 6.07) is 2.98. The highest BCUT2D eigenvalue weighted by atomic mass is 35.5. The maximum absolute atomic E-state index is 11.6. The second-order valence-electron chi connectivity index (χ2n) is 4.04. The van der Waals surface area contributed by atoms with Gasteiger partial charge in [0.1, 0.15) is 6.54 Å². The fraction of sp³-hybridized carbons (Fsp3) is 0.182. The van der Waals surface area contributed by atoms with Gasteiger partial charge in [-0.2, -0.15) is 5.10 Å². The van der Waals surface area contributed by atoms with Crippen molar-refractivity contribution in [1.29, 1.82) is 0 Å². The van der Waals surface area contributed by atoms with E-state index in [9.17, 15) is 9.90 Å². The molecule has 0 atom stereocenters. The summed E-state index contributed by atoms with van der Waals surface area (Å²) in [6.45, 7) is -0.171. The zero-order valence-electron chi connectivity index (χ0n) is 11.4. The van der Waals surface area contributed by atoms with E-state index in [0.29, 0.717) is 5.56 Å². The minimum Gasteiger partial charge on any atom is -0.503 e. The minimum absolute atomic E-state index is 0.0224. The number of nitrogens with zero attached hydrogens (tertiary/aromatic N) is 5. The summed E-state index contributed by atoms with van der Waals surface area (Å²) in [4.78, 5) is 11.6. The van der Waals surface area contributed by atoms with E-state index in [1.54, 1.807) is 0 Å². The number of nitrogens with two attached hydrogens (primary N) is 1. The van der Waals surface area contributed by atoms with Gasteiger partial charge < -0.3 is 15.6 Å². The first-order valence-corrected chi connectivity index (χ1v) is 6.29. The van der Waals surface area contributed by atoms with E-state index in [0.717, 1.165) is 4.68 Å². The first kappa shape index (κ1) is 15.5. The van der Waals surface area contributed by atoms with Crippen molar-refractivity contribution in [3.63, 3.8) is 0 Å². The van der Waals surface area contributed by atoms with Crippen LogP contribution in [-0.4, -0.2) is 44.5 Å². The monoisotopic (exact) mass is 325 g/mol. The van der Waals surface area contributed by atoms with Gasteiger partial charge >= 0.3 is 0 Å². The van der Waals surface area contributed by atoms with E-state index < -0.39 is 5.91 Å². The number of nitrogen functional groups attached to an aromatic ring is 1. The summed E-state index contributed by atoms with van der Waals surface area (Å²) in [6.07, 6.45) is 1.34. The quantitative estimate of drug-likeness (QED) is 0.509. The van der Waals surface area contributed by atoms with Crippen molar-refractivity contribution in [3.05, 3.63) is 22.7 Å². The average Bonchev–Trinajstić information content (AvgIpc) is 2.87. The van der Waals surface area contributed by atoms with Crippen LogP contribution < -0.4 is 15.9 Å². The summed E-state index contributed by atoms with van der Waals surface area (Å²) in [5.74, 6) is -0.414. The Hall–Kier alpha value is -2.88. The molecule has 116 valence electrons. The van der Waals surface area contributed by atoms with E-state index in [2.05, 4.69) is 26.1 Å². The van der Waals surface area contributed by atoms with Crippen molar-refractivity contribution in [2.24, 2.45) is 5.10 Å². The lowest BCUT2D eigenvalue weighted by molar-refractivity contribution is -0.121. The lowest BCUT2D eigenvalue weighted by Gasteiger charge is -2.06. The molecule has 2 aromatic rings. The van der Waals surface area contributed by atoms with Crippen molar-refractivity contribution in [2.45, 2.75) is 6.54 Å². The molecule has 4 N–H and O–H groups in total. The van der Waals surface area contributed by atoms with Gasteiger partial charge in [0.25, 0.3) is 5.91 Å². The van der Waals surface area contributed by atoms with Crippen molar-refractivity contribution >= 4 is 29.7 Å². The molecule has 0 aliphatic rings. The number of hydrazone groups is 1. The molecular weight excluding hydrogens is 314 g/mol. The fourth-order valence-electron chi connectivity index (χ4n) is 1.50. The van der Waals surface area contributed by atoms with Crippen LogP contribution in [0.25, 0.3) is 0 Å². The standard InChI is InChI=1S/C11H12ClN7O3/c1-22-8-3-6(2-7(12)10(8)21)4-14-15-9(20)5-19-11(13)16-17-18-19/h2-4,21H,5H2,1H3,(H,15,20)(H2,13,16,18)/b14-4+. The largest absolute Gasteiger partial charge is 0.503 e. The van der Waals surface area contributed by atoms with Crippen molar-refractivity contribution in [2.75, 3.05) is 12.8 Å². The Morgan fingerprint density at radius 2 is 2.41 bits per heavy atom. The molecule has 0 radical (unpaired) electrons. The van der Waals surface area contributed by atoms with Gasteiger partial charge in [0, 0.05) is 0 Å². The molecule has 0 fully saturated rings. The fourth-order valence-corrected chi connectivity index (χ4v) is 1.72. The number of carbonyl (C=O) groups is 1. The summed E-state index contributed by atoms with van der Waals surface area (Å²) in [5.41, 5.74) is 8.24.